The van der Waals surface area contributed by atoms with Crippen molar-refractivity contribution in [2.24, 2.45) is 11.8 Å². The number of nitrogens with one attached hydrogen (secondary N) is 1. The Morgan fingerprint density at radius 3 is 2.50 bits per heavy atom. The monoisotopic (exact) mass is 351 g/mol. The van der Waals surface area contributed by atoms with E-state index in [1.54, 1.807) is 12.4 Å². The van der Waals surface area contributed by atoms with Crippen molar-refractivity contribution in [2.75, 3.05) is 31.1 Å². The first kappa shape index (κ1) is 15.5. The van der Waals surface area contributed by atoms with Crippen molar-refractivity contribution in [1.82, 2.24) is 19.9 Å². The Hall–Kier alpha value is -2.70. The molecule has 134 valence electrons. The minimum Gasteiger partial charge on any atom is -0.356 e. The quantitative estimate of drug-likeness (QED) is 0.900. The number of aromatic nitrogens is 3. The number of carbonyl (C=O) groups is 1. The van der Waals surface area contributed by atoms with Gasteiger partial charge in [0.2, 0.25) is 5.56 Å². The zero-order valence-electron chi connectivity index (χ0n) is 14.5. The highest BCUT2D eigenvalue weighted by atomic mass is 16.2. The highest BCUT2D eigenvalue weighted by molar-refractivity contribution is 5.94. The third-order valence-corrected chi connectivity index (χ3v) is 5.80. The zero-order valence-corrected chi connectivity index (χ0v) is 14.5. The van der Waals surface area contributed by atoms with Gasteiger partial charge in [0.1, 0.15) is 12.1 Å². The minimum atomic E-state index is -0.189. The average Bonchev–Trinajstić information content (AvgIpc) is 3.32. The molecule has 2 saturated heterocycles. The summed E-state index contributed by atoms with van der Waals surface area (Å²) in [6.45, 7) is 3.39. The van der Waals surface area contributed by atoms with E-state index in [2.05, 4.69) is 25.9 Å². The molecular weight excluding hydrogens is 330 g/mol. The molecule has 1 amide bonds. The molecule has 1 aliphatic carbocycles. The van der Waals surface area contributed by atoms with Crippen molar-refractivity contribution in [1.29, 1.82) is 0 Å². The normalized spacial score (nSPS) is 24.8. The molecule has 0 bridgehead atoms. The summed E-state index contributed by atoms with van der Waals surface area (Å²) in [5.74, 6) is 2.60. The number of fused-ring (bicyclic) bond motifs is 1. The van der Waals surface area contributed by atoms with Gasteiger partial charge in [-0.2, -0.15) is 0 Å². The van der Waals surface area contributed by atoms with Crippen LogP contribution < -0.4 is 10.5 Å². The van der Waals surface area contributed by atoms with E-state index < -0.39 is 0 Å². The largest absolute Gasteiger partial charge is 0.356 e. The van der Waals surface area contributed by atoms with Gasteiger partial charge in [0, 0.05) is 68.0 Å². The summed E-state index contributed by atoms with van der Waals surface area (Å²) in [6, 6.07) is 5.14. The maximum Gasteiger partial charge on any atom is 0.255 e. The molecule has 7 nitrogen and oxygen atoms in total. The Morgan fingerprint density at radius 2 is 1.85 bits per heavy atom. The molecule has 0 radical (unpaired) electrons. The number of amides is 1. The predicted molar refractivity (Wildman–Crippen MR) is 96.2 cm³/mol. The fourth-order valence-corrected chi connectivity index (χ4v) is 4.21. The number of H-pyrrole nitrogens is 1. The van der Waals surface area contributed by atoms with Gasteiger partial charge in [-0.25, -0.2) is 9.97 Å². The van der Waals surface area contributed by atoms with Crippen molar-refractivity contribution < 1.29 is 4.79 Å². The maximum atomic E-state index is 12.6. The molecule has 0 spiro atoms. The number of anilines is 1. The molecule has 5 rings (SSSR count). The molecule has 3 aliphatic rings. The lowest BCUT2D eigenvalue weighted by Gasteiger charge is -2.22. The van der Waals surface area contributed by atoms with Gasteiger partial charge in [-0.3, -0.25) is 9.59 Å². The van der Waals surface area contributed by atoms with E-state index in [-0.39, 0.29) is 11.5 Å². The van der Waals surface area contributed by atoms with Gasteiger partial charge in [0.05, 0.1) is 5.56 Å². The van der Waals surface area contributed by atoms with E-state index in [9.17, 15) is 9.59 Å². The smallest absolute Gasteiger partial charge is 0.255 e. The molecule has 2 aromatic heterocycles. The van der Waals surface area contributed by atoms with E-state index in [0.29, 0.717) is 23.3 Å². The zero-order chi connectivity index (χ0) is 17.7. The average molecular weight is 351 g/mol. The molecule has 0 aromatic carbocycles. The standard InChI is InChI=1S/C19H21N5O2/c25-18-4-3-13(6-20-18)19(26)24-9-14-7-23(8-15(14)10-24)17-5-16(12-1-2-12)21-11-22-17/h3-6,11-12,14-15H,1-2,7-10H2,(H,20,25). The van der Waals surface area contributed by atoms with E-state index in [4.69, 9.17) is 0 Å². The minimum absolute atomic E-state index is 0.000237. The molecule has 2 atom stereocenters. The van der Waals surface area contributed by atoms with Crippen LogP contribution in [0.15, 0.2) is 35.5 Å². The van der Waals surface area contributed by atoms with Crippen molar-refractivity contribution in [3.8, 4) is 0 Å². The molecular formula is C19H21N5O2. The fourth-order valence-electron chi connectivity index (χ4n) is 4.21. The van der Waals surface area contributed by atoms with Crippen LogP contribution >= 0.6 is 0 Å². The van der Waals surface area contributed by atoms with E-state index in [0.717, 1.165) is 32.0 Å². The van der Waals surface area contributed by atoms with Crippen molar-refractivity contribution in [3.05, 3.63) is 52.3 Å². The Labute approximate surface area is 151 Å². The van der Waals surface area contributed by atoms with Crippen LogP contribution in [-0.4, -0.2) is 51.9 Å². The molecule has 1 N–H and O–H groups in total. The van der Waals surface area contributed by atoms with Crippen LogP contribution in [0.4, 0.5) is 5.82 Å². The topological polar surface area (TPSA) is 82.2 Å². The number of hydrogen-bond donors (Lipinski definition) is 1. The van der Waals surface area contributed by atoms with Crippen LogP contribution in [0.5, 0.6) is 0 Å². The molecule has 3 fully saturated rings. The summed E-state index contributed by atoms with van der Waals surface area (Å²) < 4.78 is 0. The third-order valence-electron chi connectivity index (χ3n) is 5.80. The van der Waals surface area contributed by atoms with Crippen LogP contribution in [0, 0.1) is 11.8 Å². The summed E-state index contributed by atoms with van der Waals surface area (Å²) in [7, 11) is 0. The van der Waals surface area contributed by atoms with E-state index >= 15 is 0 Å². The maximum absolute atomic E-state index is 12.6. The van der Waals surface area contributed by atoms with Crippen molar-refractivity contribution >= 4 is 11.7 Å². The number of pyridine rings is 1. The van der Waals surface area contributed by atoms with Crippen LogP contribution in [0.2, 0.25) is 0 Å². The van der Waals surface area contributed by atoms with E-state index in [1.807, 2.05) is 4.90 Å². The second kappa shape index (κ2) is 5.93. The first-order valence-electron chi connectivity index (χ1n) is 9.22. The van der Waals surface area contributed by atoms with Crippen LogP contribution in [0.3, 0.4) is 0 Å². The van der Waals surface area contributed by atoms with Crippen molar-refractivity contribution in [3.63, 3.8) is 0 Å². The van der Waals surface area contributed by atoms with Gasteiger partial charge in [0.25, 0.3) is 5.91 Å². The Kier molecular flexibility index (Phi) is 3.55. The van der Waals surface area contributed by atoms with Crippen LogP contribution in [-0.2, 0) is 0 Å². The highest BCUT2D eigenvalue weighted by Gasteiger charge is 2.42. The van der Waals surface area contributed by atoms with Gasteiger partial charge in [-0.05, 0) is 18.9 Å². The number of rotatable bonds is 3. The van der Waals surface area contributed by atoms with Gasteiger partial charge >= 0.3 is 0 Å². The Balaban J connectivity index is 1.26. The van der Waals surface area contributed by atoms with E-state index in [1.165, 1.54) is 30.8 Å². The lowest BCUT2D eigenvalue weighted by Crippen LogP contribution is -2.33. The fraction of sp³-hybridized carbons (Fsp3) is 0.474. The van der Waals surface area contributed by atoms with Gasteiger partial charge in [-0.1, -0.05) is 0 Å². The summed E-state index contributed by atoms with van der Waals surface area (Å²) >= 11 is 0. The first-order valence-corrected chi connectivity index (χ1v) is 9.22. The van der Waals surface area contributed by atoms with Crippen molar-refractivity contribution in [2.45, 2.75) is 18.8 Å². The third kappa shape index (κ3) is 2.77. The molecule has 2 aromatic rings. The van der Waals surface area contributed by atoms with Crippen LogP contribution in [0.1, 0.15) is 34.8 Å². The molecule has 4 heterocycles. The molecule has 2 aliphatic heterocycles. The summed E-state index contributed by atoms with van der Waals surface area (Å²) in [5.41, 5.74) is 1.53. The van der Waals surface area contributed by atoms with Crippen LogP contribution in [0.25, 0.3) is 0 Å². The number of aromatic amines is 1. The Morgan fingerprint density at radius 1 is 1.08 bits per heavy atom. The molecule has 2 unspecified atom stereocenters. The molecule has 1 saturated carbocycles. The number of nitrogens with zero attached hydrogens (tertiary/aromatic N) is 4. The first-order chi connectivity index (χ1) is 12.7. The summed E-state index contributed by atoms with van der Waals surface area (Å²) in [5, 5.41) is 0. The second-order valence-corrected chi connectivity index (χ2v) is 7.65. The number of carbonyl (C=O) groups excluding carboxylic acids is 1. The summed E-state index contributed by atoms with van der Waals surface area (Å²) in [4.78, 5) is 39.5. The number of likely N-dealkylation sites (tertiary alicyclic amines) is 1. The predicted octanol–water partition coefficient (Wildman–Crippen LogP) is 1.25. The molecule has 26 heavy (non-hydrogen) atoms. The highest BCUT2D eigenvalue weighted by Crippen LogP contribution is 2.40. The van der Waals surface area contributed by atoms with Gasteiger partial charge in [0.15, 0.2) is 0 Å². The lowest BCUT2D eigenvalue weighted by atomic mass is 10.0. The molecule has 7 heteroatoms. The SMILES string of the molecule is O=C(c1ccc(=O)[nH]c1)N1CC2CN(c3cc(C4CC4)ncn3)CC2C1. The summed E-state index contributed by atoms with van der Waals surface area (Å²) in [6.07, 6.45) is 5.67. The number of hydrogen-bond acceptors (Lipinski definition) is 5. The Bertz CT molecular complexity index is 872. The second-order valence-electron chi connectivity index (χ2n) is 7.65. The lowest BCUT2D eigenvalue weighted by molar-refractivity contribution is 0.0782. The van der Waals surface area contributed by atoms with Gasteiger partial charge < -0.3 is 14.8 Å². The van der Waals surface area contributed by atoms with Gasteiger partial charge in [-0.15, -0.1) is 0 Å².